The van der Waals surface area contributed by atoms with Gasteiger partial charge < -0.3 is 14.6 Å². The molecule has 0 fully saturated rings. The summed E-state index contributed by atoms with van der Waals surface area (Å²) in [4.78, 5) is 12.4. The van der Waals surface area contributed by atoms with Crippen LogP contribution in [0.2, 0.25) is 0 Å². The molecule has 4 nitrogen and oxygen atoms in total. The highest BCUT2D eigenvalue weighted by Crippen LogP contribution is 2.38. The molecule has 1 N–H and O–H groups in total. The third-order valence-corrected chi connectivity index (χ3v) is 4.37. The maximum atomic E-state index is 12.4. The van der Waals surface area contributed by atoms with E-state index in [2.05, 4.69) is 11.4 Å². The molecule has 22 heavy (non-hydrogen) atoms. The number of carbonyl (C=O) groups is 1. The maximum absolute atomic E-state index is 12.4. The summed E-state index contributed by atoms with van der Waals surface area (Å²) in [5.74, 6) is 0.792. The van der Waals surface area contributed by atoms with Crippen LogP contribution in [0.5, 0.6) is 5.75 Å². The Morgan fingerprint density at radius 2 is 1.82 bits per heavy atom. The van der Waals surface area contributed by atoms with E-state index < -0.39 is 0 Å². The molecule has 1 atom stereocenters. The number of rotatable bonds is 2. The maximum Gasteiger partial charge on any atom is 0.269 e. The minimum atomic E-state index is -0.112. The van der Waals surface area contributed by atoms with Crippen molar-refractivity contribution in [1.29, 1.82) is 0 Å². The van der Waals surface area contributed by atoms with Gasteiger partial charge in [-0.15, -0.1) is 0 Å². The summed E-state index contributed by atoms with van der Waals surface area (Å²) in [5.41, 5.74) is 3.96. The number of nitrogens with one attached hydrogen (secondary N) is 1. The van der Waals surface area contributed by atoms with Crippen LogP contribution < -0.4 is 10.1 Å². The number of hydrogen-bond donors (Lipinski definition) is 1. The molecular formula is C18H16N2O2. The lowest BCUT2D eigenvalue weighted by atomic mass is 9.99. The minimum absolute atomic E-state index is 0.0190. The Bertz CT molecular complexity index is 878. The van der Waals surface area contributed by atoms with Crippen molar-refractivity contribution in [2.24, 2.45) is 7.05 Å². The number of carbonyl (C=O) groups excluding carboxylic acids is 1. The number of aryl methyl sites for hydroxylation is 1. The van der Waals surface area contributed by atoms with Gasteiger partial charge in [0.15, 0.2) is 0 Å². The first-order valence-corrected chi connectivity index (χ1v) is 7.23. The van der Waals surface area contributed by atoms with Gasteiger partial charge in [-0.2, -0.15) is 0 Å². The second-order valence-electron chi connectivity index (χ2n) is 5.52. The predicted molar refractivity (Wildman–Crippen MR) is 85.2 cm³/mol. The molecule has 0 spiro atoms. The summed E-state index contributed by atoms with van der Waals surface area (Å²) in [6.07, 6.45) is 0. The highest BCUT2D eigenvalue weighted by Gasteiger charge is 2.35. The van der Waals surface area contributed by atoms with Gasteiger partial charge in [-0.05, 0) is 23.8 Å². The van der Waals surface area contributed by atoms with E-state index in [1.807, 2.05) is 54.1 Å². The van der Waals surface area contributed by atoms with Crippen molar-refractivity contribution in [2.75, 3.05) is 7.11 Å². The Balaban J connectivity index is 1.92. The second kappa shape index (κ2) is 4.63. The molecule has 3 aromatic rings. The zero-order chi connectivity index (χ0) is 15.3. The molecule has 2 heterocycles. The first-order chi connectivity index (χ1) is 10.7. The largest absolute Gasteiger partial charge is 0.497 e. The Hall–Kier alpha value is -2.75. The molecule has 0 aliphatic carbocycles. The predicted octanol–water partition coefficient (Wildman–Crippen LogP) is 3.02. The summed E-state index contributed by atoms with van der Waals surface area (Å²) in [6, 6.07) is 15.9. The average Bonchev–Trinajstić information content (AvgIpc) is 3.05. The third-order valence-electron chi connectivity index (χ3n) is 4.37. The molecule has 1 amide bonds. The molecule has 1 aliphatic heterocycles. The standard InChI is InChI=1S/C18H16N2O2/c1-20-14-6-4-3-5-13(14)15-16(19-18(21)17(15)20)11-7-9-12(22-2)10-8-11/h3-10,16H,1-2H3,(H,19,21)/t16-/m0/s1. The van der Waals surface area contributed by atoms with E-state index in [0.717, 1.165) is 33.5 Å². The molecule has 4 rings (SSSR count). The number of para-hydroxylation sites is 1. The van der Waals surface area contributed by atoms with Crippen molar-refractivity contribution in [2.45, 2.75) is 6.04 Å². The summed E-state index contributed by atoms with van der Waals surface area (Å²) in [5, 5.41) is 4.21. The molecule has 2 aromatic carbocycles. The summed E-state index contributed by atoms with van der Waals surface area (Å²) in [7, 11) is 3.59. The van der Waals surface area contributed by atoms with Crippen LogP contribution in [0.1, 0.15) is 27.7 Å². The van der Waals surface area contributed by atoms with E-state index >= 15 is 0 Å². The molecule has 0 saturated heterocycles. The van der Waals surface area contributed by atoms with Crippen molar-refractivity contribution >= 4 is 16.8 Å². The number of aromatic nitrogens is 1. The number of amides is 1. The average molecular weight is 292 g/mol. The van der Waals surface area contributed by atoms with Crippen LogP contribution in [-0.4, -0.2) is 17.6 Å². The number of methoxy groups -OCH3 is 1. The van der Waals surface area contributed by atoms with Crippen molar-refractivity contribution in [3.63, 3.8) is 0 Å². The molecule has 0 saturated carbocycles. The lowest BCUT2D eigenvalue weighted by molar-refractivity contribution is 0.0953. The topological polar surface area (TPSA) is 43.3 Å². The lowest BCUT2D eigenvalue weighted by Gasteiger charge is -2.13. The smallest absolute Gasteiger partial charge is 0.269 e. The van der Waals surface area contributed by atoms with Crippen molar-refractivity contribution in [1.82, 2.24) is 9.88 Å². The quantitative estimate of drug-likeness (QED) is 0.789. The van der Waals surface area contributed by atoms with E-state index in [1.165, 1.54) is 0 Å². The highest BCUT2D eigenvalue weighted by atomic mass is 16.5. The van der Waals surface area contributed by atoms with Crippen LogP contribution >= 0.6 is 0 Å². The van der Waals surface area contributed by atoms with Crippen molar-refractivity contribution in [3.05, 3.63) is 65.4 Å². The first-order valence-electron chi connectivity index (χ1n) is 7.23. The molecular weight excluding hydrogens is 276 g/mol. The van der Waals surface area contributed by atoms with E-state index in [4.69, 9.17) is 4.74 Å². The van der Waals surface area contributed by atoms with Gasteiger partial charge in [0, 0.05) is 23.5 Å². The zero-order valence-corrected chi connectivity index (χ0v) is 12.5. The first kappa shape index (κ1) is 13.0. The second-order valence-corrected chi connectivity index (χ2v) is 5.52. The molecule has 4 heteroatoms. The van der Waals surface area contributed by atoms with Crippen LogP contribution in [0.25, 0.3) is 10.9 Å². The molecule has 0 bridgehead atoms. The van der Waals surface area contributed by atoms with Gasteiger partial charge in [0.1, 0.15) is 11.4 Å². The fourth-order valence-electron chi connectivity index (χ4n) is 3.31. The molecule has 110 valence electrons. The summed E-state index contributed by atoms with van der Waals surface area (Å²) in [6.45, 7) is 0. The SMILES string of the molecule is COc1ccc([C@@H]2NC(=O)c3c2c2ccccc2n3C)cc1. The van der Waals surface area contributed by atoms with Gasteiger partial charge in [-0.25, -0.2) is 0 Å². The van der Waals surface area contributed by atoms with Gasteiger partial charge in [0.2, 0.25) is 0 Å². The van der Waals surface area contributed by atoms with Crippen molar-refractivity contribution in [3.8, 4) is 5.75 Å². The molecule has 0 unspecified atom stereocenters. The fraction of sp³-hybridized carbons (Fsp3) is 0.167. The number of nitrogens with zero attached hydrogens (tertiary/aromatic N) is 1. The molecule has 1 aliphatic rings. The van der Waals surface area contributed by atoms with Crippen LogP contribution in [0, 0.1) is 0 Å². The van der Waals surface area contributed by atoms with Gasteiger partial charge in [-0.1, -0.05) is 30.3 Å². The Morgan fingerprint density at radius 1 is 1.09 bits per heavy atom. The fourth-order valence-corrected chi connectivity index (χ4v) is 3.31. The zero-order valence-electron chi connectivity index (χ0n) is 12.5. The van der Waals surface area contributed by atoms with E-state index in [9.17, 15) is 4.79 Å². The van der Waals surface area contributed by atoms with Gasteiger partial charge in [0.05, 0.1) is 13.2 Å². The Kier molecular flexibility index (Phi) is 2.73. The van der Waals surface area contributed by atoms with E-state index in [1.54, 1.807) is 7.11 Å². The highest BCUT2D eigenvalue weighted by molar-refractivity contribution is 6.06. The minimum Gasteiger partial charge on any atom is -0.497 e. The third kappa shape index (κ3) is 1.67. The normalized spacial score (nSPS) is 16.6. The van der Waals surface area contributed by atoms with Crippen LogP contribution in [0.15, 0.2) is 48.5 Å². The summed E-state index contributed by atoms with van der Waals surface area (Å²) >= 11 is 0. The van der Waals surface area contributed by atoms with Crippen LogP contribution in [0.3, 0.4) is 0 Å². The Morgan fingerprint density at radius 3 is 2.55 bits per heavy atom. The molecule has 0 radical (unpaired) electrons. The monoisotopic (exact) mass is 292 g/mol. The lowest BCUT2D eigenvalue weighted by Crippen LogP contribution is -2.21. The van der Waals surface area contributed by atoms with E-state index in [0.29, 0.717) is 0 Å². The van der Waals surface area contributed by atoms with E-state index in [-0.39, 0.29) is 11.9 Å². The Labute approximate surface area is 128 Å². The van der Waals surface area contributed by atoms with Crippen molar-refractivity contribution < 1.29 is 9.53 Å². The van der Waals surface area contributed by atoms with Gasteiger partial charge in [-0.3, -0.25) is 4.79 Å². The van der Waals surface area contributed by atoms with Crippen LogP contribution in [0.4, 0.5) is 0 Å². The van der Waals surface area contributed by atoms with Crippen LogP contribution in [-0.2, 0) is 7.05 Å². The number of ether oxygens (including phenoxy) is 1. The van der Waals surface area contributed by atoms with Gasteiger partial charge in [0.25, 0.3) is 5.91 Å². The number of hydrogen-bond acceptors (Lipinski definition) is 2. The van der Waals surface area contributed by atoms with Gasteiger partial charge >= 0.3 is 0 Å². The number of fused-ring (bicyclic) bond motifs is 3. The number of benzene rings is 2. The molecule has 1 aromatic heterocycles. The summed E-state index contributed by atoms with van der Waals surface area (Å²) < 4.78 is 7.18.